The van der Waals surface area contributed by atoms with Gasteiger partial charge < -0.3 is 10.1 Å². The normalized spacial score (nSPS) is 10.6. The molecular weight excluding hydrogens is 292 g/mol. The lowest BCUT2D eigenvalue weighted by Crippen LogP contribution is -2.12. The van der Waals surface area contributed by atoms with E-state index >= 15 is 0 Å². The Bertz CT molecular complexity index is 725. The maximum Gasteiger partial charge on any atom is 0.127 e. The Balaban J connectivity index is 1.64. The highest BCUT2D eigenvalue weighted by Gasteiger charge is 2.08. The number of hydrogen-bond acceptors (Lipinski definition) is 4. The standard InChI is InChI=1S/C18H18N2OS/c1-21-16-10-6-5-9-15(16)17-12-20-18(22-17)13-19-11-14-7-3-2-4-8-14/h2-10,12,19H,11,13H2,1H3. The summed E-state index contributed by atoms with van der Waals surface area (Å²) in [6.45, 7) is 1.62. The molecule has 3 aromatic rings. The van der Waals surface area contributed by atoms with Gasteiger partial charge in [0.15, 0.2) is 0 Å². The number of ether oxygens (including phenoxy) is 1. The molecule has 0 amide bonds. The van der Waals surface area contributed by atoms with Gasteiger partial charge in [-0.1, -0.05) is 42.5 Å². The van der Waals surface area contributed by atoms with Crippen molar-refractivity contribution in [2.45, 2.75) is 13.1 Å². The fraction of sp³-hybridized carbons (Fsp3) is 0.167. The third kappa shape index (κ3) is 3.53. The molecule has 0 saturated carbocycles. The van der Waals surface area contributed by atoms with Gasteiger partial charge in [0.1, 0.15) is 10.8 Å². The zero-order chi connectivity index (χ0) is 15.2. The number of nitrogens with zero attached hydrogens (tertiary/aromatic N) is 1. The summed E-state index contributed by atoms with van der Waals surface area (Å²) >= 11 is 1.70. The van der Waals surface area contributed by atoms with Crippen molar-refractivity contribution < 1.29 is 4.74 Å². The number of nitrogens with one attached hydrogen (secondary N) is 1. The molecule has 22 heavy (non-hydrogen) atoms. The van der Waals surface area contributed by atoms with Crippen molar-refractivity contribution in [2.24, 2.45) is 0 Å². The van der Waals surface area contributed by atoms with Crippen LogP contribution >= 0.6 is 11.3 Å². The second-order valence-electron chi connectivity index (χ2n) is 4.91. The second kappa shape index (κ2) is 7.20. The molecular formula is C18H18N2OS. The van der Waals surface area contributed by atoms with Gasteiger partial charge in [-0.25, -0.2) is 4.98 Å². The van der Waals surface area contributed by atoms with Crippen LogP contribution in [0.4, 0.5) is 0 Å². The highest BCUT2D eigenvalue weighted by atomic mass is 32.1. The van der Waals surface area contributed by atoms with E-state index in [9.17, 15) is 0 Å². The van der Waals surface area contributed by atoms with Crippen LogP contribution in [0.3, 0.4) is 0 Å². The van der Waals surface area contributed by atoms with Crippen molar-refractivity contribution in [2.75, 3.05) is 7.11 Å². The van der Waals surface area contributed by atoms with Crippen LogP contribution in [0, 0.1) is 0 Å². The van der Waals surface area contributed by atoms with Crippen molar-refractivity contribution in [1.29, 1.82) is 0 Å². The maximum absolute atomic E-state index is 5.41. The zero-order valence-corrected chi connectivity index (χ0v) is 13.3. The van der Waals surface area contributed by atoms with E-state index in [1.54, 1.807) is 18.4 Å². The molecule has 112 valence electrons. The first-order valence-corrected chi connectivity index (χ1v) is 8.01. The highest BCUT2D eigenvalue weighted by Crippen LogP contribution is 2.33. The van der Waals surface area contributed by atoms with Crippen LogP contribution in [-0.2, 0) is 13.1 Å². The average molecular weight is 310 g/mol. The molecule has 1 N–H and O–H groups in total. The van der Waals surface area contributed by atoms with Gasteiger partial charge in [0.2, 0.25) is 0 Å². The first-order valence-electron chi connectivity index (χ1n) is 7.19. The molecule has 0 atom stereocenters. The molecule has 0 saturated heterocycles. The number of rotatable bonds is 6. The number of methoxy groups -OCH3 is 1. The summed E-state index contributed by atoms with van der Waals surface area (Å²) in [5, 5.41) is 4.51. The minimum atomic E-state index is 0.773. The van der Waals surface area contributed by atoms with Crippen molar-refractivity contribution in [1.82, 2.24) is 10.3 Å². The van der Waals surface area contributed by atoms with Gasteiger partial charge in [0.25, 0.3) is 0 Å². The molecule has 0 aliphatic rings. The highest BCUT2D eigenvalue weighted by molar-refractivity contribution is 7.15. The Labute approximate surface area is 134 Å². The summed E-state index contributed by atoms with van der Waals surface area (Å²) in [6.07, 6.45) is 1.92. The first kappa shape index (κ1) is 14.8. The molecule has 0 bridgehead atoms. The molecule has 1 heterocycles. The molecule has 0 spiro atoms. The maximum atomic E-state index is 5.41. The van der Waals surface area contributed by atoms with Crippen LogP contribution in [0.25, 0.3) is 10.4 Å². The van der Waals surface area contributed by atoms with Crippen LogP contribution < -0.4 is 10.1 Å². The summed E-state index contributed by atoms with van der Waals surface area (Å²) in [5.41, 5.74) is 2.38. The summed E-state index contributed by atoms with van der Waals surface area (Å²) < 4.78 is 5.41. The molecule has 2 aromatic carbocycles. The Kier molecular flexibility index (Phi) is 4.83. The summed E-state index contributed by atoms with van der Waals surface area (Å²) in [4.78, 5) is 5.63. The predicted octanol–water partition coefficient (Wildman–Crippen LogP) is 4.11. The van der Waals surface area contributed by atoms with Crippen LogP contribution in [-0.4, -0.2) is 12.1 Å². The monoisotopic (exact) mass is 310 g/mol. The Morgan fingerprint density at radius 1 is 1.00 bits per heavy atom. The van der Waals surface area contributed by atoms with Crippen molar-refractivity contribution in [3.8, 4) is 16.2 Å². The minimum absolute atomic E-state index is 0.773. The van der Waals surface area contributed by atoms with E-state index in [0.717, 1.165) is 34.3 Å². The van der Waals surface area contributed by atoms with E-state index in [2.05, 4.69) is 40.6 Å². The van der Waals surface area contributed by atoms with Crippen LogP contribution in [0.5, 0.6) is 5.75 Å². The number of thiazole rings is 1. The molecule has 1 aromatic heterocycles. The number of aromatic nitrogens is 1. The molecule has 0 fully saturated rings. The Hall–Kier alpha value is -2.17. The molecule has 0 aliphatic heterocycles. The fourth-order valence-electron chi connectivity index (χ4n) is 2.27. The molecule has 3 rings (SSSR count). The smallest absolute Gasteiger partial charge is 0.127 e. The van der Waals surface area contributed by atoms with E-state index in [1.807, 2.05) is 30.5 Å². The number of para-hydroxylation sites is 1. The SMILES string of the molecule is COc1ccccc1-c1cnc(CNCc2ccccc2)s1. The van der Waals surface area contributed by atoms with Crippen molar-refractivity contribution in [3.05, 3.63) is 71.4 Å². The molecule has 0 radical (unpaired) electrons. The Morgan fingerprint density at radius 3 is 2.59 bits per heavy atom. The van der Waals surface area contributed by atoms with Gasteiger partial charge in [-0.15, -0.1) is 11.3 Å². The topological polar surface area (TPSA) is 34.1 Å². The lowest BCUT2D eigenvalue weighted by atomic mass is 10.2. The van der Waals surface area contributed by atoms with E-state index < -0.39 is 0 Å². The van der Waals surface area contributed by atoms with E-state index in [4.69, 9.17) is 4.74 Å². The van der Waals surface area contributed by atoms with Gasteiger partial charge in [0, 0.05) is 24.8 Å². The van der Waals surface area contributed by atoms with Gasteiger partial charge in [-0.2, -0.15) is 0 Å². The van der Waals surface area contributed by atoms with E-state index in [0.29, 0.717) is 0 Å². The van der Waals surface area contributed by atoms with Gasteiger partial charge in [-0.3, -0.25) is 0 Å². The zero-order valence-electron chi connectivity index (χ0n) is 12.5. The van der Waals surface area contributed by atoms with Crippen LogP contribution in [0.2, 0.25) is 0 Å². The second-order valence-corrected chi connectivity index (χ2v) is 6.02. The van der Waals surface area contributed by atoms with E-state index in [-0.39, 0.29) is 0 Å². The summed E-state index contributed by atoms with van der Waals surface area (Å²) in [7, 11) is 1.70. The van der Waals surface area contributed by atoms with Gasteiger partial charge in [-0.05, 0) is 17.7 Å². The lowest BCUT2D eigenvalue weighted by Gasteiger charge is -2.05. The predicted molar refractivity (Wildman–Crippen MR) is 91.1 cm³/mol. The quantitative estimate of drug-likeness (QED) is 0.744. The molecule has 3 nitrogen and oxygen atoms in total. The van der Waals surface area contributed by atoms with Gasteiger partial charge in [0.05, 0.1) is 12.0 Å². The van der Waals surface area contributed by atoms with Crippen molar-refractivity contribution in [3.63, 3.8) is 0 Å². The first-order chi connectivity index (χ1) is 10.9. The van der Waals surface area contributed by atoms with Gasteiger partial charge >= 0.3 is 0 Å². The Morgan fingerprint density at radius 2 is 1.77 bits per heavy atom. The minimum Gasteiger partial charge on any atom is -0.496 e. The fourth-order valence-corrected chi connectivity index (χ4v) is 3.19. The summed E-state index contributed by atoms with van der Waals surface area (Å²) in [6, 6.07) is 18.4. The summed E-state index contributed by atoms with van der Waals surface area (Å²) in [5.74, 6) is 0.884. The van der Waals surface area contributed by atoms with Crippen LogP contribution in [0.15, 0.2) is 60.8 Å². The number of hydrogen-bond donors (Lipinski definition) is 1. The lowest BCUT2D eigenvalue weighted by molar-refractivity contribution is 0.416. The van der Waals surface area contributed by atoms with Crippen molar-refractivity contribution >= 4 is 11.3 Å². The van der Waals surface area contributed by atoms with Crippen LogP contribution in [0.1, 0.15) is 10.6 Å². The van der Waals surface area contributed by atoms with E-state index in [1.165, 1.54) is 5.56 Å². The molecule has 0 aliphatic carbocycles. The molecule has 4 heteroatoms. The average Bonchev–Trinajstić information content (AvgIpc) is 3.04. The molecule has 0 unspecified atom stereocenters. The third-order valence-corrected chi connectivity index (χ3v) is 4.40. The largest absolute Gasteiger partial charge is 0.496 e. The third-order valence-electron chi connectivity index (χ3n) is 3.37. The number of benzene rings is 2.